The van der Waals surface area contributed by atoms with E-state index in [1.807, 2.05) is 10.8 Å². The molecule has 2 aromatic heterocycles. The molecule has 2 saturated heterocycles. The average molecular weight is 288 g/mol. The zero-order valence-electron chi connectivity index (χ0n) is 12.0. The normalized spacial score (nSPS) is 23.9. The third-order valence-electron chi connectivity index (χ3n) is 4.68. The first-order valence-corrected chi connectivity index (χ1v) is 7.71. The summed E-state index contributed by atoms with van der Waals surface area (Å²) < 4.78 is 7.31. The van der Waals surface area contributed by atoms with Crippen molar-refractivity contribution < 1.29 is 4.74 Å². The number of rotatable bonds is 2. The number of fused-ring (bicyclic) bond motifs is 1. The maximum atomic E-state index is 12.2. The summed E-state index contributed by atoms with van der Waals surface area (Å²) in [4.78, 5) is 19.6. The number of aromatic amines is 1. The van der Waals surface area contributed by atoms with Crippen LogP contribution < -0.4 is 11.0 Å². The lowest BCUT2D eigenvalue weighted by Crippen LogP contribution is -2.24. The Morgan fingerprint density at radius 3 is 2.90 bits per heavy atom. The minimum Gasteiger partial charge on any atom is -0.381 e. The van der Waals surface area contributed by atoms with E-state index < -0.39 is 0 Å². The highest BCUT2D eigenvalue weighted by atomic mass is 16.5. The van der Waals surface area contributed by atoms with Crippen LogP contribution in [0.4, 0.5) is 0 Å². The largest absolute Gasteiger partial charge is 0.381 e. The zero-order chi connectivity index (χ0) is 14.2. The number of hydrogen-bond acceptors (Lipinski definition) is 4. The molecule has 1 atom stereocenters. The van der Waals surface area contributed by atoms with Crippen molar-refractivity contribution in [3.05, 3.63) is 28.3 Å². The van der Waals surface area contributed by atoms with E-state index in [1.165, 1.54) is 5.56 Å². The molecule has 4 rings (SSSR count). The molecule has 0 aromatic carbocycles. The number of pyridine rings is 1. The van der Waals surface area contributed by atoms with Gasteiger partial charge in [-0.1, -0.05) is 0 Å². The maximum Gasteiger partial charge on any atom is 0.327 e. The average Bonchev–Trinajstić information content (AvgIpc) is 3.13. The van der Waals surface area contributed by atoms with Gasteiger partial charge in [-0.15, -0.1) is 0 Å². The van der Waals surface area contributed by atoms with Crippen molar-refractivity contribution in [3.63, 3.8) is 0 Å². The second-order valence-corrected chi connectivity index (χ2v) is 5.97. The van der Waals surface area contributed by atoms with Crippen LogP contribution in [0.5, 0.6) is 0 Å². The minimum atomic E-state index is -0.0460. The van der Waals surface area contributed by atoms with Crippen LogP contribution in [0.1, 0.15) is 36.8 Å². The van der Waals surface area contributed by atoms with Gasteiger partial charge in [-0.05, 0) is 43.4 Å². The van der Waals surface area contributed by atoms with Gasteiger partial charge in [0.25, 0.3) is 0 Å². The van der Waals surface area contributed by atoms with Gasteiger partial charge in [-0.3, -0.25) is 9.55 Å². The Hall–Kier alpha value is -1.66. The molecule has 0 aliphatic carbocycles. The highest BCUT2D eigenvalue weighted by Gasteiger charge is 2.23. The molecule has 0 bridgehead atoms. The molecule has 112 valence electrons. The lowest BCUT2D eigenvalue weighted by atomic mass is 9.93. The van der Waals surface area contributed by atoms with E-state index in [9.17, 15) is 4.79 Å². The Bertz CT molecular complexity index is 693. The Balaban J connectivity index is 1.78. The number of nitrogens with zero attached hydrogens (tertiary/aromatic N) is 2. The van der Waals surface area contributed by atoms with Crippen LogP contribution in [-0.2, 0) is 4.74 Å². The van der Waals surface area contributed by atoms with Crippen LogP contribution in [0, 0.1) is 0 Å². The molecule has 4 heterocycles. The second kappa shape index (κ2) is 5.27. The fraction of sp³-hybridized carbons (Fsp3) is 0.600. The smallest absolute Gasteiger partial charge is 0.327 e. The van der Waals surface area contributed by atoms with Crippen molar-refractivity contribution in [2.24, 2.45) is 0 Å². The molecule has 2 aromatic rings. The third-order valence-corrected chi connectivity index (χ3v) is 4.68. The number of H-pyrrole nitrogens is 1. The maximum absolute atomic E-state index is 12.2. The highest BCUT2D eigenvalue weighted by Crippen LogP contribution is 2.28. The predicted octanol–water partition coefficient (Wildman–Crippen LogP) is 1.15. The van der Waals surface area contributed by atoms with Gasteiger partial charge in [-0.25, -0.2) is 9.78 Å². The summed E-state index contributed by atoms with van der Waals surface area (Å²) in [5, 5.41) is 3.32. The first-order chi connectivity index (χ1) is 10.3. The number of ether oxygens (including phenoxy) is 1. The molecule has 2 aliphatic rings. The number of nitrogens with one attached hydrogen (secondary N) is 2. The van der Waals surface area contributed by atoms with Gasteiger partial charge in [-0.2, -0.15) is 0 Å². The zero-order valence-corrected chi connectivity index (χ0v) is 12.0. The Morgan fingerprint density at radius 1 is 1.29 bits per heavy atom. The molecule has 6 nitrogen and oxygen atoms in total. The van der Waals surface area contributed by atoms with Crippen LogP contribution in [0.2, 0.25) is 0 Å². The minimum absolute atomic E-state index is 0.0460. The quantitative estimate of drug-likeness (QED) is 0.869. The SMILES string of the molecule is O=c1[nH]c2ncc(C3CCOCC3)cc2n1[C@@H]1CCNC1. The van der Waals surface area contributed by atoms with Gasteiger partial charge in [0.05, 0.1) is 11.6 Å². The molecule has 2 fully saturated rings. The molecule has 6 heteroatoms. The van der Waals surface area contributed by atoms with Crippen LogP contribution in [0.15, 0.2) is 17.1 Å². The lowest BCUT2D eigenvalue weighted by molar-refractivity contribution is 0.0853. The first kappa shape index (κ1) is 13.0. The number of hydrogen-bond donors (Lipinski definition) is 2. The Labute approximate surface area is 122 Å². The fourth-order valence-corrected chi connectivity index (χ4v) is 3.50. The van der Waals surface area contributed by atoms with Crippen molar-refractivity contribution in [3.8, 4) is 0 Å². The van der Waals surface area contributed by atoms with E-state index >= 15 is 0 Å². The van der Waals surface area contributed by atoms with E-state index in [0.29, 0.717) is 11.6 Å². The second-order valence-electron chi connectivity index (χ2n) is 5.97. The number of imidazole rings is 1. The highest BCUT2D eigenvalue weighted by molar-refractivity contribution is 5.71. The van der Waals surface area contributed by atoms with Crippen molar-refractivity contribution >= 4 is 11.2 Å². The summed E-state index contributed by atoms with van der Waals surface area (Å²) in [7, 11) is 0. The van der Waals surface area contributed by atoms with E-state index in [2.05, 4.69) is 21.4 Å². The Kier molecular flexibility index (Phi) is 3.27. The van der Waals surface area contributed by atoms with Crippen LogP contribution in [0.25, 0.3) is 11.2 Å². The summed E-state index contributed by atoms with van der Waals surface area (Å²) in [5.74, 6) is 0.496. The Morgan fingerprint density at radius 2 is 2.14 bits per heavy atom. The van der Waals surface area contributed by atoms with Gasteiger partial charge in [0.1, 0.15) is 0 Å². The van der Waals surface area contributed by atoms with Gasteiger partial charge < -0.3 is 10.1 Å². The lowest BCUT2D eigenvalue weighted by Gasteiger charge is -2.22. The van der Waals surface area contributed by atoms with E-state index in [0.717, 1.165) is 51.1 Å². The van der Waals surface area contributed by atoms with E-state index in [-0.39, 0.29) is 11.7 Å². The van der Waals surface area contributed by atoms with Crippen LogP contribution >= 0.6 is 0 Å². The van der Waals surface area contributed by atoms with Gasteiger partial charge in [0, 0.05) is 26.0 Å². The topological polar surface area (TPSA) is 71.9 Å². The molecule has 21 heavy (non-hydrogen) atoms. The van der Waals surface area contributed by atoms with Crippen molar-refractivity contribution in [1.29, 1.82) is 0 Å². The summed E-state index contributed by atoms with van der Waals surface area (Å²) in [6.45, 7) is 3.45. The molecule has 0 unspecified atom stereocenters. The van der Waals surface area contributed by atoms with Crippen molar-refractivity contribution in [1.82, 2.24) is 19.9 Å². The van der Waals surface area contributed by atoms with Gasteiger partial charge >= 0.3 is 5.69 Å². The molecule has 0 radical (unpaired) electrons. The number of aromatic nitrogens is 3. The summed E-state index contributed by atoms with van der Waals surface area (Å²) in [6, 6.07) is 2.38. The molecule has 2 aliphatic heterocycles. The van der Waals surface area contributed by atoms with Crippen molar-refractivity contribution in [2.45, 2.75) is 31.2 Å². The van der Waals surface area contributed by atoms with E-state index in [4.69, 9.17) is 4.74 Å². The van der Waals surface area contributed by atoms with Gasteiger partial charge in [0.2, 0.25) is 0 Å². The molecule has 0 amide bonds. The molecular weight excluding hydrogens is 268 g/mol. The fourth-order valence-electron chi connectivity index (χ4n) is 3.50. The van der Waals surface area contributed by atoms with Gasteiger partial charge in [0.15, 0.2) is 5.65 Å². The van der Waals surface area contributed by atoms with Crippen LogP contribution in [-0.4, -0.2) is 40.8 Å². The third kappa shape index (κ3) is 2.28. The molecular formula is C15H20N4O2. The van der Waals surface area contributed by atoms with Crippen molar-refractivity contribution in [2.75, 3.05) is 26.3 Å². The summed E-state index contributed by atoms with van der Waals surface area (Å²) >= 11 is 0. The van der Waals surface area contributed by atoms with Crippen LogP contribution in [0.3, 0.4) is 0 Å². The predicted molar refractivity (Wildman–Crippen MR) is 79.7 cm³/mol. The molecule has 0 saturated carbocycles. The first-order valence-electron chi connectivity index (χ1n) is 7.71. The molecule has 2 N–H and O–H groups in total. The monoisotopic (exact) mass is 288 g/mol. The molecule has 0 spiro atoms. The summed E-state index contributed by atoms with van der Waals surface area (Å²) in [5.41, 5.74) is 2.82. The standard InChI is InChI=1S/C15H20N4O2/c20-15-18-14-13(19(15)12-1-4-16-9-12)7-11(8-17-14)10-2-5-21-6-3-10/h7-8,10,12,16H,1-6,9H2,(H,17,18,20)/t12-/m1/s1. The van der Waals surface area contributed by atoms with E-state index in [1.54, 1.807) is 0 Å². The summed E-state index contributed by atoms with van der Waals surface area (Å²) in [6.07, 6.45) is 4.97.